The Hall–Kier alpha value is -3.84. The summed E-state index contributed by atoms with van der Waals surface area (Å²) in [5.41, 5.74) is 1.57. The Bertz CT molecular complexity index is 1260. The number of aliphatic hydroxyl groups excluding tert-OH is 1. The van der Waals surface area contributed by atoms with E-state index < -0.39 is 17.7 Å². The van der Waals surface area contributed by atoms with Gasteiger partial charge in [0.25, 0.3) is 11.7 Å². The fraction of sp³-hybridized carbons (Fsp3) is 0.192. The number of benzene rings is 2. The molecule has 174 valence electrons. The molecule has 1 unspecified atom stereocenters. The summed E-state index contributed by atoms with van der Waals surface area (Å²) < 4.78 is 10.9. The van der Waals surface area contributed by atoms with Gasteiger partial charge in [-0.15, -0.1) is 0 Å². The zero-order valence-corrected chi connectivity index (χ0v) is 19.5. The SMILES string of the molecule is CCOc1ccc(Cl)c(/C(O)=C2\C(=O)C(=O)N(Cc3ccncc3)C2c2cccc(OC)c2)c1. The smallest absolute Gasteiger partial charge is 0.295 e. The van der Waals surface area contributed by atoms with Gasteiger partial charge in [0.15, 0.2) is 0 Å². The number of aliphatic hydroxyl groups is 1. The van der Waals surface area contributed by atoms with Gasteiger partial charge in [0.1, 0.15) is 17.3 Å². The molecule has 0 saturated carbocycles. The summed E-state index contributed by atoms with van der Waals surface area (Å²) in [7, 11) is 1.53. The van der Waals surface area contributed by atoms with E-state index in [-0.39, 0.29) is 28.5 Å². The molecule has 1 aliphatic heterocycles. The minimum absolute atomic E-state index is 0.0529. The van der Waals surface area contributed by atoms with Gasteiger partial charge in [-0.25, -0.2) is 0 Å². The van der Waals surface area contributed by atoms with Gasteiger partial charge in [0, 0.05) is 24.5 Å². The van der Waals surface area contributed by atoms with Crippen LogP contribution in [-0.4, -0.2) is 40.4 Å². The van der Waals surface area contributed by atoms with Crippen LogP contribution in [0.2, 0.25) is 5.02 Å². The van der Waals surface area contributed by atoms with Crippen molar-refractivity contribution in [3.05, 3.63) is 94.3 Å². The summed E-state index contributed by atoms with van der Waals surface area (Å²) in [6.07, 6.45) is 3.23. The summed E-state index contributed by atoms with van der Waals surface area (Å²) in [6, 6.07) is 14.5. The van der Waals surface area contributed by atoms with E-state index in [1.165, 1.54) is 12.0 Å². The van der Waals surface area contributed by atoms with E-state index in [1.807, 2.05) is 6.92 Å². The number of amides is 1. The Labute approximate surface area is 202 Å². The molecule has 0 spiro atoms. The van der Waals surface area contributed by atoms with Gasteiger partial charge in [-0.2, -0.15) is 0 Å². The third-order valence-electron chi connectivity index (χ3n) is 5.56. The number of pyridine rings is 1. The molecule has 2 heterocycles. The normalized spacial score (nSPS) is 17.1. The van der Waals surface area contributed by atoms with Crippen LogP contribution in [-0.2, 0) is 16.1 Å². The van der Waals surface area contributed by atoms with Crippen molar-refractivity contribution in [1.29, 1.82) is 0 Å². The highest BCUT2D eigenvalue weighted by Gasteiger charge is 2.46. The van der Waals surface area contributed by atoms with E-state index in [4.69, 9.17) is 21.1 Å². The van der Waals surface area contributed by atoms with E-state index >= 15 is 0 Å². The molecule has 4 rings (SSSR count). The lowest BCUT2D eigenvalue weighted by atomic mass is 9.95. The molecule has 34 heavy (non-hydrogen) atoms. The Morgan fingerprint density at radius 1 is 1.09 bits per heavy atom. The molecule has 7 nitrogen and oxygen atoms in total. The topological polar surface area (TPSA) is 89.0 Å². The van der Waals surface area contributed by atoms with Crippen molar-refractivity contribution >= 4 is 29.1 Å². The summed E-state index contributed by atoms with van der Waals surface area (Å²) in [5.74, 6) is -0.837. The number of rotatable bonds is 7. The average molecular weight is 479 g/mol. The average Bonchev–Trinajstić information content (AvgIpc) is 3.10. The number of hydrogen-bond acceptors (Lipinski definition) is 6. The second-order valence-electron chi connectivity index (χ2n) is 7.63. The van der Waals surface area contributed by atoms with E-state index in [0.29, 0.717) is 23.7 Å². The van der Waals surface area contributed by atoms with E-state index in [1.54, 1.807) is 67.0 Å². The number of ketones is 1. The number of halogens is 1. The van der Waals surface area contributed by atoms with Crippen LogP contribution in [0.25, 0.3) is 5.76 Å². The van der Waals surface area contributed by atoms with Crippen molar-refractivity contribution in [3.63, 3.8) is 0 Å². The predicted molar refractivity (Wildman–Crippen MR) is 128 cm³/mol. The van der Waals surface area contributed by atoms with E-state index in [2.05, 4.69) is 4.98 Å². The maximum Gasteiger partial charge on any atom is 0.295 e. The zero-order chi connectivity index (χ0) is 24.2. The quantitative estimate of drug-likeness (QED) is 0.299. The molecule has 1 aromatic heterocycles. The predicted octanol–water partition coefficient (Wildman–Crippen LogP) is 4.76. The van der Waals surface area contributed by atoms with E-state index in [0.717, 1.165) is 5.56 Å². The minimum Gasteiger partial charge on any atom is -0.507 e. The second kappa shape index (κ2) is 9.97. The molecule has 1 N–H and O–H groups in total. The van der Waals surface area contributed by atoms with Gasteiger partial charge in [-0.3, -0.25) is 14.6 Å². The molecule has 0 radical (unpaired) electrons. The molecule has 1 saturated heterocycles. The van der Waals surface area contributed by atoms with Gasteiger partial charge < -0.3 is 19.5 Å². The molecule has 1 atom stereocenters. The molecular weight excluding hydrogens is 456 g/mol. The summed E-state index contributed by atoms with van der Waals surface area (Å²) in [6.45, 7) is 2.40. The maximum atomic E-state index is 13.3. The third-order valence-corrected chi connectivity index (χ3v) is 5.89. The number of carbonyl (C=O) groups is 2. The van der Waals surface area contributed by atoms with Gasteiger partial charge >= 0.3 is 0 Å². The maximum absolute atomic E-state index is 13.3. The highest BCUT2D eigenvalue weighted by atomic mass is 35.5. The Kier molecular flexibility index (Phi) is 6.84. The lowest BCUT2D eigenvalue weighted by molar-refractivity contribution is -0.140. The van der Waals surface area contributed by atoms with Crippen LogP contribution in [0.1, 0.15) is 29.7 Å². The minimum atomic E-state index is -0.852. The van der Waals surface area contributed by atoms with Crippen molar-refractivity contribution in [1.82, 2.24) is 9.88 Å². The number of carbonyl (C=O) groups excluding carboxylic acids is 2. The lowest BCUT2D eigenvalue weighted by Crippen LogP contribution is -2.29. The van der Waals surface area contributed by atoms with Crippen LogP contribution in [0.15, 0.2) is 72.6 Å². The highest BCUT2D eigenvalue weighted by Crippen LogP contribution is 2.42. The zero-order valence-electron chi connectivity index (χ0n) is 18.7. The van der Waals surface area contributed by atoms with Crippen molar-refractivity contribution in [2.24, 2.45) is 0 Å². The fourth-order valence-electron chi connectivity index (χ4n) is 3.97. The molecule has 8 heteroatoms. The number of hydrogen-bond donors (Lipinski definition) is 1. The molecule has 0 bridgehead atoms. The second-order valence-corrected chi connectivity index (χ2v) is 8.04. The standard InChI is InChI=1S/C26H23ClN2O5/c1-3-34-19-7-8-21(27)20(14-19)24(30)22-23(17-5-4-6-18(13-17)33-2)29(26(32)25(22)31)15-16-9-11-28-12-10-16/h4-14,23,30H,3,15H2,1-2H3/b24-22+. The molecule has 1 aliphatic rings. The van der Waals surface area contributed by atoms with Crippen molar-refractivity contribution in [2.45, 2.75) is 19.5 Å². The third kappa shape index (κ3) is 4.47. The summed E-state index contributed by atoms with van der Waals surface area (Å²) in [4.78, 5) is 31.9. The fourth-order valence-corrected chi connectivity index (χ4v) is 4.18. The van der Waals surface area contributed by atoms with Crippen molar-refractivity contribution < 1.29 is 24.2 Å². The van der Waals surface area contributed by atoms with Crippen molar-refractivity contribution in [3.8, 4) is 11.5 Å². The number of likely N-dealkylation sites (tertiary alicyclic amines) is 1. The molecule has 0 aliphatic carbocycles. The number of Topliss-reactive ketones (excluding diaryl/α,β-unsaturated/α-hetero) is 1. The molecular formula is C26H23ClN2O5. The van der Waals surface area contributed by atoms with Crippen LogP contribution < -0.4 is 9.47 Å². The molecule has 3 aromatic rings. The van der Waals surface area contributed by atoms with Crippen LogP contribution in [0.4, 0.5) is 0 Å². The first-order valence-corrected chi connectivity index (χ1v) is 11.1. The number of nitrogens with zero attached hydrogens (tertiary/aromatic N) is 2. The first kappa shape index (κ1) is 23.3. The highest BCUT2D eigenvalue weighted by molar-refractivity contribution is 6.47. The number of ether oxygens (including phenoxy) is 2. The van der Waals surface area contributed by atoms with Crippen LogP contribution in [0.3, 0.4) is 0 Å². The first-order chi connectivity index (χ1) is 16.4. The molecule has 2 aromatic carbocycles. The Balaban J connectivity index is 1.89. The van der Waals surface area contributed by atoms with Gasteiger partial charge in [0.05, 0.1) is 30.4 Å². The molecule has 1 amide bonds. The monoisotopic (exact) mass is 478 g/mol. The van der Waals surface area contributed by atoms with Gasteiger partial charge in [-0.1, -0.05) is 23.7 Å². The Morgan fingerprint density at radius 2 is 1.85 bits per heavy atom. The summed E-state index contributed by atoms with van der Waals surface area (Å²) in [5, 5.41) is 11.6. The van der Waals surface area contributed by atoms with Gasteiger partial charge in [-0.05, 0) is 60.5 Å². The Morgan fingerprint density at radius 3 is 2.56 bits per heavy atom. The lowest BCUT2D eigenvalue weighted by Gasteiger charge is -2.25. The van der Waals surface area contributed by atoms with Crippen LogP contribution >= 0.6 is 11.6 Å². The van der Waals surface area contributed by atoms with Crippen molar-refractivity contribution in [2.75, 3.05) is 13.7 Å². The van der Waals surface area contributed by atoms with E-state index in [9.17, 15) is 14.7 Å². The van der Waals surface area contributed by atoms with Gasteiger partial charge in [0.2, 0.25) is 0 Å². The van der Waals surface area contributed by atoms with Crippen LogP contribution in [0.5, 0.6) is 11.5 Å². The molecule has 1 fully saturated rings. The number of methoxy groups -OCH3 is 1. The largest absolute Gasteiger partial charge is 0.507 e. The first-order valence-electron chi connectivity index (χ1n) is 10.7. The van der Waals surface area contributed by atoms with Crippen LogP contribution in [0, 0.1) is 0 Å². The number of aromatic nitrogens is 1. The summed E-state index contributed by atoms with van der Waals surface area (Å²) >= 11 is 6.37.